The van der Waals surface area contributed by atoms with Gasteiger partial charge in [-0.25, -0.2) is 4.68 Å². The van der Waals surface area contributed by atoms with E-state index in [-0.39, 0.29) is 11.4 Å². The highest BCUT2D eigenvalue weighted by Gasteiger charge is 2.16. The standard InChI is InChI=1S/C23H25N3O5/c1-29-20-8-4-18(5-9-20)17-2-6-19(7-3-17)26-22(21(16-24-26)23(27)28)31-15-12-25-10-13-30-14-11-25/h2-9,16H,10-15H2,1H3,(H,27,28)/p-1. The van der Waals surface area contributed by atoms with E-state index >= 15 is 0 Å². The van der Waals surface area contributed by atoms with E-state index in [1.165, 1.54) is 10.9 Å². The molecule has 0 spiro atoms. The summed E-state index contributed by atoms with van der Waals surface area (Å²) in [6.45, 7) is 4.09. The first-order valence-electron chi connectivity index (χ1n) is 10.1. The van der Waals surface area contributed by atoms with Crippen LogP contribution in [0.5, 0.6) is 11.6 Å². The molecule has 2 aromatic carbocycles. The Hall–Kier alpha value is -3.36. The molecule has 0 bridgehead atoms. The average molecular weight is 422 g/mol. The molecule has 1 saturated heterocycles. The van der Waals surface area contributed by atoms with E-state index in [1.54, 1.807) is 7.11 Å². The van der Waals surface area contributed by atoms with E-state index in [9.17, 15) is 9.90 Å². The largest absolute Gasteiger partial charge is 0.545 e. The highest BCUT2D eigenvalue weighted by atomic mass is 16.5. The normalized spacial score (nSPS) is 14.4. The number of carboxylic acids is 1. The lowest BCUT2D eigenvalue weighted by Gasteiger charge is -2.26. The summed E-state index contributed by atoms with van der Waals surface area (Å²) >= 11 is 0. The van der Waals surface area contributed by atoms with E-state index < -0.39 is 5.97 Å². The van der Waals surface area contributed by atoms with Crippen LogP contribution in [0.3, 0.4) is 0 Å². The van der Waals surface area contributed by atoms with E-state index in [4.69, 9.17) is 14.2 Å². The first-order chi connectivity index (χ1) is 15.2. The maximum Gasteiger partial charge on any atom is 0.226 e. The van der Waals surface area contributed by atoms with Gasteiger partial charge < -0.3 is 24.1 Å². The van der Waals surface area contributed by atoms with Crippen molar-refractivity contribution in [1.29, 1.82) is 0 Å². The minimum absolute atomic E-state index is 0.0683. The molecule has 0 saturated carbocycles. The summed E-state index contributed by atoms with van der Waals surface area (Å²) in [5, 5.41) is 15.8. The van der Waals surface area contributed by atoms with Crippen LogP contribution >= 0.6 is 0 Å². The lowest BCUT2D eigenvalue weighted by molar-refractivity contribution is -0.255. The molecular weight excluding hydrogens is 398 g/mol. The number of ether oxygens (including phenoxy) is 3. The third-order valence-corrected chi connectivity index (χ3v) is 5.23. The molecule has 0 atom stereocenters. The third-order valence-electron chi connectivity index (χ3n) is 5.23. The molecule has 0 amide bonds. The number of benzene rings is 2. The lowest BCUT2D eigenvalue weighted by atomic mass is 10.1. The Morgan fingerprint density at radius 1 is 1.06 bits per heavy atom. The Kier molecular flexibility index (Phi) is 6.49. The molecule has 0 N–H and O–H groups in total. The number of carbonyl (C=O) groups excluding carboxylic acids is 1. The Morgan fingerprint density at radius 2 is 1.71 bits per heavy atom. The first kappa shape index (κ1) is 20.9. The molecule has 1 aromatic heterocycles. The number of morpholine rings is 1. The molecule has 1 aliphatic heterocycles. The second-order valence-electron chi connectivity index (χ2n) is 7.14. The van der Waals surface area contributed by atoms with Gasteiger partial charge in [-0.15, -0.1) is 0 Å². The molecule has 2 heterocycles. The van der Waals surface area contributed by atoms with Crippen LogP contribution in [0.1, 0.15) is 10.4 Å². The highest BCUT2D eigenvalue weighted by molar-refractivity contribution is 5.88. The Labute approximate surface area is 180 Å². The molecular formula is C23H24N3O5-. The van der Waals surface area contributed by atoms with Crippen LogP contribution in [-0.4, -0.2) is 67.2 Å². The maximum atomic E-state index is 11.5. The fourth-order valence-electron chi connectivity index (χ4n) is 3.47. The molecule has 4 rings (SSSR count). The van der Waals surface area contributed by atoms with Crippen molar-refractivity contribution in [3.63, 3.8) is 0 Å². The number of rotatable bonds is 8. The number of aromatic carboxylic acids is 1. The molecule has 8 heteroatoms. The van der Waals surface area contributed by atoms with E-state index in [1.807, 2.05) is 48.5 Å². The van der Waals surface area contributed by atoms with Crippen molar-refractivity contribution in [3.8, 4) is 28.4 Å². The van der Waals surface area contributed by atoms with Crippen molar-refractivity contribution in [3.05, 3.63) is 60.3 Å². The van der Waals surface area contributed by atoms with Gasteiger partial charge in [-0.2, -0.15) is 5.10 Å². The number of hydrogen-bond donors (Lipinski definition) is 0. The zero-order valence-electron chi connectivity index (χ0n) is 17.3. The third kappa shape index (κ3) is 4.87. The van der Waals surface area contributed by atoms with Crippen LogP contribution in [0, 0.1) is 0 Å². The molecule has 8 nitrogen and oxygen atoms in total. The fraction of sp³-hybridized carbons (Fsp3) is 0.304. The fourth-order valence-corrected chi connectivity index (χ4v) is 3.47. The first-order valence-corrected chi connectivity index (χ1v) is 10.1. The van der Waals surface area contributed by atoms with Crippen LogP contribution in [-0.2, 0) is 4.74 Å². The molecule has 3 aromatic rings. The van der Waals surface area contributed by atoms with Gasteiger partial charge in [-0.05, 0) is 35.4 Å². The van der Waals surface area contributed by atoms with Crippen molar-refractivity contribution in [2.24, 2.45) is 0 Å². The smallest absolute Gasteiger partial charge is 0.226 e. The predicted molar refractivity (Wildman–Crippen MR) is 113 cm³/mol. The SMILES string of the molecule is COc1ccc(-c2ccc(-n3ncc(C(=O)[O-])c3OCCN3CCOCC3)cc2)cc1. The minimum Gasteiger partial charge on any atom is -0.545 e. The number of aromatic nitrogens is 2. The summed E-state index contributed by atoms with van der Waals surface area (Å²) < 4.78 is 17.9. The number of carbonyl (C=O) groups is 1. The number of carboxylic acid groups (broad SMARTS) is 1. The molecule has 162 valence electrons. The van der Waals surface area contributed by atoms with Crippen LogP contribution in [0.4, 0.5) is 0 Å². The molecule has 1 fully saturated rings. The van der Waals surface area contributed by atoms with Gasteiger partial charge in [0.05, 0.1) is 43.7 Å². The Morgan fingerprint density at radius 3 is 2.32 bits per heavy atom. The number of hydrogen-bond acceptors (Lipinski definition) is 7. The van der Waals surface area contributed by atoms with Gasteiger partial charge >= 0.3 is 0 Å². The Bertz CT molecular complexity index is 1010. The molecule has 31 heavy (non-hydrogen) atoms. The van der Waals surface area contributed by atoms with Gasteiger partial charge in [0, 0.05) is 19.6 Å². The van der Waals surface area contributed by atoms with Gasteiger partial charge in [-0.3, -0.25) is 4.90 Å². The van der Waals surface area contributed by atoms with E-state index in [0.29, 0.717) is 32.1 Å². The molecule has 0 unspecified atom stereocenters. The monoisotopic (exact) mass is 422 g/mol. The van der Waals surface area contributed by atoms with Gasteiger partial charge in [0.25, 0.3) is 0 Å². The molecule has 1 aliphatic rings. The highest BCUT2D eigenvalue weighted by Crippen LogP contribution is 2.26. The van der Waals surface area contributed by atoms with Gasteiger partial charge in [0.1, 0.15) is 12.4 Å². The summed E-state index contributed by atoms with van der Waals surface area (Å²) in [4.78, 5) is 13.8. The Balaban J connectivity index is 1.51. The second kappa shape index (κ2) is 9.63. The van der Waals surface area contributed by atoms with Crippen LogP contribution in [0.2, 0.25) is 0 Å². The van der Waals surface area contributed by atoms with Crippen molar-refractivity contribution in [2.45, 2.75) is 0 Å². The van der Waals surface area contributed by atoms with Crippen molar-refractivity contribution >= 4 is 5.97 Å². The van der Waals surface area contributed by atoms with E-state index in [0.717, 1.165) is 30.0 Å². The number of methoxy groups -OCH3 is 1. The topological polar surface area (TPSA) is 88.9 Å². The number of nitrogens with zero attached hydrogens (tertiary/aromatic N) is 3. The molecule has 0 aliphatic carbocycles. The predicted octanol–water partition coefficient (Wildman–Crippen LogP) is 1.62. The molecule has 0 radical (unpaired) electrons. The summed E-state index contributed by atoms with van der Waals surface area (Å²) in [5.41, 5.74) is 2.70. The zero-order chi connectivity index (χ0) is 21.6. The van der Waals surface area contributed by atoms with Crippen LogP contribution in [0.25, 0.3) is 16.8 Å². The summed E-state index contributed by atoms with van der Waals surface area (Å²) in [6.07, 6.45) is 1.26. The van der Waals surface area contributed by atoms with Gasteiger partial charge in [0.2, 0.25) is 5.88 Å². The van der Waals surface area contributed by atoms with Gasteiger partial charge in [0.15, 0.2) is 0 Å². The summed E-state index contributed by atoms with van der Waals surface area (Å²) in [6, 6.07) is 15.4. The summed E-state index contributed by atoms with van der Waals surface area (Å²) in [7, 11) is 1.63. The zero-order valence-corrected chi connectivity index (χ0v) is 17.3. The van der Waals surface area contributed by atoms with Gasteiger partial charge in [-0.1, -0.05) is 24.3 Å². The van der Waals surface area contributed by atoms with Crippen LogP contribution < -0.4 is 14.6 Å². The van der Waals surface area contributed by atoms with Crippen molar-refractivity contribution in [2.75, 3.05) is 46.6 Å². The second-order valence-corrected chi connectivity index (χ2v) is 7.14. The quantitative estimate of drug-likeness (QED) is 0.545. The van der Waals surface area contributed by atoms with Crippen molar-refractivity contribution < 1.29 is 24.1 Å². The lowest BCUT2D eigenvalue weighted by Crippen LogP contribution is -2.38. The van der Waals surface area contributed by atoms with Crippen LogP contribution in [0.15, 0.2) is 54.7 Å². The minimum atomic E-state index is -1.32. The average Bonchev–Trinajstić information content (AvgIpc) is 3.24. The summed E-state index contributed by atoms with van der Waals surface area (Å²) in [5.74, 6) is -0.349. The van der Waals surface area contributed by atoms with E-state index in [2.05, 4.69) is 10.00 Å². The van der Waals surface area contributed by atoms with Crippen molar-refractivity contribution in [1.82, 2.24) is 14.7 Å². The maximum absolute atomic E-state index is 11.5.